The van der Waals surface area contributed by atoms with E-state index in [0.29, 0.717) is 0 Å². The lowest BCUT2D eigenvalue weighted by Crippen LogP contribution is -2.40. The van der Waals surface area contributed by atoms with Gasteiger partial charge in [-0.1, -0.05) is 26.7 Å². The number of hydrogen-bond acceptors (Lipinski definition) is 1. The van der Waals surface area contributed by atoms with Crippen LogP contribution in [0.25, 0.3) is 0 Å². The molecule has 0 saturated heterocycles. The second-order valence-electron chi connectivity index (χ2n) is 5.40. The molecule has 1 aromatic rings. The van der Waals surface area contributed by atoms with Gasteiger partial charge in [0, 0.05) is 25.0 Å². The highest BCUT2D eigenvalue weighted by Gasteiger charge is 2.26. The van der Waals surface area contributed by atoms with E-state index in [1.165, 1.54) is 31.2 Å². The molecule has 1 heterocycles. The Labute approximate surface area is 98.8 Å². The number of aromatic amines is 1. The first-order chi connectivity index (χ1) is 7.77. The van der Waals surface area contributed by atoms with E-state index in [1.807, 2.05) is 6.20 Å². The van der Waals surface area contributed by atoms with Crippen LogP contribution in [0.2, 0.25) is 0 Å². The predicted molar refractivity (Wildman–Crippen MR) is 68.2 cm³/mol. The fourth-order valence-corrected chi connectivity index (χ4v) is 2.93. The molecule has 1 aliphatic carbocycles. The Kier molecular flexibility index (Phi) is 4.05. The Morgan fingerprint density at radius 3 is 2.88 bits per heavy atom. The van der Waals surface area contributed by atoms with Crippen LogP contribution in [0.5, 0.6) is 0 Å². The molecular weight excluding hydrogens is 196 g/mol. The van der Waals surface area contributed by atoms with E-state index in [9.17, 15) is 0 Å². The summed E-state index contributed by atoms with van der Waals surface area (Å²) in [5, 5.41) is 3.74. The van der Waals surface area contributed by atoms with Crippen molar-refractivity contribution in [3.8, 4) is 0 Å². The monoisotopic (exact) mass is 220 g/mol. The first-order valence-electron chi connectivity index (χ1n) is 6.62. The van der Waals surface area contributed by atoms with Gasteiger partial charge in [-0.3, -0.25) is 0 Å². The minimum absolute atomic E-state index is 0.726. The smallest absolute Gasteiger partial charge is 0.0223 e. The SMILES string of the molecule is CC(C)C1CCCCC1NCc1cc[nH]c1. The lowest BCUT2D eigenvalue weighted by molar-refractivity contribution is 0.204. The molecule has 2 heteroatoms. The van der Waals surface area contributed by atoms with Gasteiger partial charge in [-0.25, -0.2) is 0 Å². The maximum absolute atomic E-state index is 3.74. The molecule has 1 saturated carbocycles. The summed E-state index contributed by atoms with van der Waals surface area (Å²) in [6, 6.07) is 2.88. The first-order valence-corrected chi connectivity index (χ1v) is 6.62. The van der Waals surface area contributed by atoms with Gasteiger partial charge in [0.25, 0.3) is 0 Å². The lowest BCUT2D eigenvalue weighted by Gasteiger charge is -2.35. The van der Waals surface area contributed by atoms with Gasteiger partial charge in [0.2, 0.25) is 0 Å². The van der Waals surface area contributed by atoms with Crippen molar-refractivity contribution in [3.05, 3.63) is 24.0 Å². The summed E-state index contributed by atoms with van der Waals surface area (Å²) < 4.78 is 0. The van der Waals surface area contributed by atoms with Crippen LogP contribution >= 0.6 is 0 Å². The van der Waals surface area contributed by atoms with Crippen molar-refractivity contribution < 1.29 is 0 Å². The van der Waals surface area contributed by atoms with Gasteiger partial charge >= 0.3 is 0 Å². The molecule has 0 radical (unpaired) electrons. The largest absolute Gasteiger partial charge is 0.367 e. The fourth-order valence-electron chi connectivity index (χ4n) is 2.93. The topological polar surface area (TPSA) is 27.8 Å². The molecule has 0 amide bonds. The Balaban J connectivity index is 1.86. The minimum Gasteiger partial charge on any atom is -0.367 e. The quantitative estimate of drug-likeness (QED) is 0.800. The van der Waals surface area contributed by atoms with E-state index in [4.69, 9.17) is 0 Å². The van der Waals surface area contributed by atoms with Crippen LogP contribution in [0, 0.1) is 11.8 Å². The molecule has 16 heavy (non-hydrogen) atoms. The Morgan fingerprint density at radius 2 is 2.19 bits per heavy atom. The number of rotatable bonds is 4. The summed E-state index contributed by atoms with van der Waals surface area (Å²) in [5.41, 5.74) is 1.37. The third kappa shape index (κ3) is 2.88. The van der Waals surface area contributed by atoms with Crippen LogP contribution in [0.1, 0.15) is 45.1 Å². The number of nitrogens with one attached hydrogen (secondary N) is 2. The maximum Gasteiger partial charge on any atom is 0.0223 e. The summed E-state index contributed by atoms with van der Waals surface area (Å²) in [5.74, 6) is 1.68. The molecule has 2 atom stereocenters. The predicted octanol–water partition coefficient (Wildman–Crippen LogP) is 3.32. The van der Waals surface area contributed by atoms with Crippen molar-refractivity contribution in [1.29, 1.82) is 0 Å². The molecule has 90 valence electrons. The Bertz CT molecular complexity index is 290. The molecule has 1 aromatic heterocycles. The molecule has 0 aliphatic heterocycles. The van der Waals surface area contributed by atoms with Crippen LogP contribution in [0.3, 0.4) is 0 Å². The highest BCUT2D eigenvalue weighted by molar-refractivity contribution is 5.08. The van der Waals surface area contributed by atoms with Gasteiger partial charge in [-0.2, -0.15) is 0 Å². The molecule has 2 N–H and O–H groups in total. The first kappa shape index (κ1) is 11.7. The highest BCUT2D eigenvalue weighted by atomic mass is 14.9. The summed E-state index contributed by atoms with van der Waals surface area (Å²) in [6.45, 7) is 5.74. The van der Waals surface area contributed by atoms with Gasteiger partial charge in [0.1, 0.15) is 0 Å². The average molecular weight is 220 g/mol. The normalized spacial score (nSPS) is 26.2. The summed E-state index contributed by atoms with van der Waals surface area (Å²) in [7, 11) is 0. The lowest BCUT2D eigenvalue weighted by atomic mass is 9.78. The molecule has 0 bridgehead atoms. The Hall–Kier alpha value is -0.760. The zero-order valence-electron chi connectivity index (χ0n) is 10.5. The second kappa shape index (κ2) is 5.53. The zero-order valence-corrected chi connectivity index (χ0v) is 10.5. The average Bonchev–Trinajstić information content (AvgIpc) is 2.79. The maximum atomic E-state index is 3.74. The van der Waals surface area contributed by atoms with Gasteiger partial charge in [0.15, 0.2) is 0 Å². The third-order valence-electron chi connectivity index (χ3n) is 3.91. The summed E-state index contributed by atoms with van der Waals surface area (Å²) in [6.07, 6.45) is 9.66. The minimum atomic E-state index is 0.726. The summed E-state index contributed by atoms with van der Waals surface area (Å²) in [4.78, 5) is 3.11. The van der Waals surface area contributed by atoms with E-state index in [-0.39, 0.29) is 0 Å². The van der Waals surface area contributed by atoms with Crippen LogP contribution in [0.15, 0.2) is 18.5 Å². The van der Waals surface area contributed by atoms with Gasteiger partial charge in [-0.05, 0) is 36.3 Å². The van der Waals surface area contributed by atoms with E-state index in [1.54, 1.807) is 0 Å². The zero-order chi connectivity index (χ0) is 11.4. The third-order valence-corrected chi connectivity index (χ3v) is 3.91. The number of hydrogen-bond donors (Lipinski definition) is 2. The molecule has 2 nitrogen and oxygen atoms in total. The van der Waals surface area contributed by atoms with Crippen molar-refractivity contribution in [3.63, 3.8) is 0 Å². The fraction of sp³-hybridized carbons (Fsp3) is 0.714. The molecule has 0 spiro atoms. The van der Waals surface area contributed by atoms with E-state index >= 15 is 0 Å². The molecule has 1 aliphatic rings. The van der Waals surface area contributed by atoms with Crippen LogP contribution in [-0.2, 0) is 6.54 Å². The van der Waals surface area contributed by atoms with Crippen molar-refractivity contribution in [2.45, 2.75) is 52.1 Å². The summed E-state index contributed by atoms with van der Waals surface area (Å²) >= 11 is 0. The van der Waals surface area contributed by atoms with E-state index < -0.39 is 0 Å². The Morgan fingerprint density at radius 1 is 1.38 bits per heavy atom. The standard InChI is InChI=1S/C14H24N2/c1-11(2)13-5-3-4-6-14(13)16-10-12-7-8-15-9-12/h7-9,11,13-16H,3-6,10H2,1-2H3. The highest BCUT2D eigenvalue weighted by Crippen LogP contribution is 2.30. The number of aromatic nitrogens is 1. The molecule has 2 rings (SSSR count). The van der Waals surface area contributed by atoms with Crippen molar-refractivity contribution in [1.82, 2.24) is 10.3 Å². The van der Waals surface area contributed by atoms with Crippen molar-refractivity contribution in [2.75, 3.05) is 0 Å². The van der Waals surface area contributed by atoms with Gasteiger partial charge in [-0.15, -0.1) is 0 Å². The van der Waals surface area contributed by atoms with Gasteiger partial charge in [0.05, 0.1) is 0 Å². The van der Waals surface area contributed by atoms with Crippen LogP contribution < -0.4 is 5.32 Å². The van der Waals surface area contributed by atoms with Crippen LogP contribution in [-0.4, -0.2) is 11.0 Å². The second-order valence-corrected chi connectivity index (χ2v) is 5.40. The number of H-pyrrole nitrogens is 1. The van der Waals surface area contributed by atoms with Gasteiger partial charge < -0.3 is 10.3 Å². The van der Waals surface area contributed by atoms with E-state index in [0.717, 1.165) is 24.4 Å². The van der Waals surface area contributed by atoms with Crippen molar-refractivity contribution >= 4 is 0 Å². The molecule has 0 aromatic carbocycles. The molecule has 1 fully saturated rings. The van der Waals surface area contributed by atoms with E-state index in [2.05, 4.69) is 36.4 Å². The van der Waals surface area contributed by atoms with Crippen molar-refractivity contribution in [2.24, 2.45) is 11.8 Å². The molecule has 2 unspecified atom stereocenters. The van der Waals surface area contributed by atoms with Crippen LogP contribution in [0.4, 0.5) is 0 Å². The molecular formula is C14H24N2.